The van der Waals surface area contributed by atoms with Crippen LogP contribution in [0, 0.1) is 11.8 Å². The maximum absolute atomic E-state index is 5.93. The number of nitrogens with two attached hydrogens (primary N) is 1. The Labute approximate surface area is 110 Å². The summed E-state index contributed by atoms with van der Waals surface area (Å²) in [5, 5.41) is 0. The van der Waals surface area contributed by atoms with Gasteiger partial charge in [0.1, 0.15) is 5.75 Å². The maximum atomic E-state index is 5.93. The van der Waals surface area contributed by atoms with E-state index in [-0.39, 0.29) is 0 Å². The Morgan fingerprint density at radius 1 is 1.11 bits per heavy atom. The van der Waals surface area contributed by atoms with Gasteiger partial charge in [-0.1, -0.05) is 37.5 Å². The summed E-state index contributed by atoms with van der Waals surface area (Å²) in [5.41, 5.74) is 7.35. The third-order valence-corrected chi connectivity index (χ3v) is 4.76. The largest absolute Gasteiger partial charge is 0.493 e. The minimum atomic E-state index is 0.596. The molecule has 2 heteroatoms. The summed E-state index contributed by atoms with van der Waals surface area (Å²) in [5.74, 6) is 3.25. The molecule has 98 valence electrons. The summed E-state index contributed by atoms with van der Waals surface area (Å²) in [4.78, 5) is 0. The first kappa shape index (κ1) is 12.0. The van der Waals surface area contributed by atoms with Gasteiger partial charge in [0.25, 0.3) is 0 Å². The van der Waals surface area contributed by atoms with Gasteiger partial charge in [-0.2, -0.15) is 0 Å². The molecule has 0 bridgehead atoms. The van der Waals surface area contributed by atoms with Gasteiger partial charge in [0.05, 0.1) is 6.61 Å². The Kier molecular flexibility index (Phi) is 3.55. The van der Waals surface area contributed by atoms with Crippen molar-refractivity contribution in [2.45, 2.75) is 38.0 Å². The smallest absolute Gasteiger partial charge is 0.122 e. The van der Waals surface area contributed by atoms with Crippen LogP contribution in [0.4, 0.5) is 0 Å². The van der Waals surface area contributed by atoms with E-state index in [1.165, 1.54) is 37.7 Å². The first-order chi connectivity index (χ1) is 8.88. The van der Waals surface area contributed by atoms with E-state index in [4.69, 9.17) is 10.5 Å². The summed E-state index contributed by atoms with van der Waals surface area (Å²) in [6.07, 6.45) is 6.71. The molecular weight excluding hydrogens is 222 g/mol. The summed E-state index contributed by atoms with van der Waals surface area (Å²) in [6.45, 7) is 1.73. The van der Waals surface area contributed by atoms with Crippen molar-refractivity contribution in [3.63, 3.8) is 0 Å². The van der Waals surface area contributed by atoms with E-state index in [2.05, 4.69) is 24.3 Å². The molecule has 1 aliphatic carbocycles. The van der Waals surface area contributed by atoms with E-state index in [1.807, 2.05) is 0 Å². The third-order valence-electron chi connectivity index (χ3n) is 4.76. The number of hydrogen-bond donors (Lipinski definition) is 1. The highest BCUT2D eigenvalue weighted by Gasteiger charge is 2.31. The number of ether oxygens (including phenoxy) is 1. The molecule has 0 amide bonds. The van der Waals surface area contributed by atoms with E-state index < -0.39 is 0 Å². The van der Waals surface area contributed by atoms with Gasteiger partial charge in [0.15, 0.2) is 0 Å². The van der Waals surface area contributed by atoms with Crippen LogP contribution in [0.3, 0.4) is 0 Å². The fourth-order valence-corrected chi connectivity index (χ4v) is 3.69. The molecule has 0 radical (unpaired) electrons. The fraction of sp³-hybridized carbons (Fsp3) is 0.625. The number of rotatable bonds is 3. The van der Waals surface area contributed by atoms with Crippen LogP contribution in [0.1, 0.15) is 43.6 Å². The fourth-order valence-electron chi connectivity index (χ4n) is 3.69. The van der Waals surface area contributed by atoms with Crippen molar-refractivity contribution in [2.75, 3.05) is 13.2 Å². The second-order valence-electron chi connectivity index (χ2n) is 5.82. The topological polar surface area (TPSA) is 35.2 Å². The molecule has 3 unspecified atom stereocenters. The molecule has 1 aliphatic heterocycles. The minimum Gasteiger partial charge on any atom is -0.493 e. The first-order valence-electron chi connectivity index (χ1n) is 7.30. The molecule has 0 saturated heterocycles. The molecular formula is C16H23NO. The lowest BCUT2D eigenvalue weighted by atomic mass is 9.74. The molecule has 1 aromatic carbocycles. The van der Waals surface area contributed by atoms with Gasteiger partial charge < -0.3 is 10.5 Å². The molecule has 3 atom stereocenters. The van der Waals surface area contributed by atoms with Crippen molar-refractivity contribution in [1.82, 2.24) is 0 Å². The minimum absolute atomic E-state index is 0.596. The van der Waals surface area contributed by atoms with Crippen molar-refractivity contribution < 1.29 is 4.74 Å². The highest BCUT2D eigenvalue weighted by Crippen LogP contribution is 2.41. The lowest BCUT2D eigenvalue weighted by molar-refractivity contribution is 0.206. The van der Waals surface area contributed by atoms with Gasteiger partial charge in [-0.15, -0.1) is 0 Å². The number of fused-ring (bicyclic) bond motifs is 1. The molecule has 3 rings (SSSR count). The monoisotopic (exact) mass is 245 g/mol. The van der Waals surface area contributed by atoms with Crippen molar-refractivity contribution >= 4 is 0 Å². The van der Waals surface area contributed by atoms with Crippen LogP contribution >= 0.6 is 0 Å². The lowest BCUT2D eigenvalue weighted by Gasteiger charge is -2.32. The maximum Gasteiger partial charge on any atom is 0.122 e. The van der Waals surface area contributed by atoms with Crippen LogP contribution < -0.4 is 10.5 Å². The Morgan fingerprint density at radius 3 is 2.72 bits per heavy atom. The van der Waals surface area contributed by atoms with Crippen molar-refractivity contribution in [1.29, 1.82) is 0 Å². The third kappa shape index (κ3) is 2.26. The van der Waals surface area contributed by atoms with Crippen LogP contribution in [0.15, 0.2) is 24.3 Å². The quantitative estimate of drug-likeness (QED) is 0.886. The van der Waals surface area contributed by atoms with Crippen LogP contribution in [-0.2, 0) is 0 Å². The predicted molar refractivity (Wildman–Crippen MR) is 73.8 cm³/mol. The van der Waals surface area contributed by atoms with Crippen molar-refractivity contribution in [2.24, 2.45) is 17.6 Å². The summed E-state index contributed by atoms with van der Waals surface area (Å²) in [7, 11) is 0. The molecule has 0 aromatic heterocycles. The molecule has 2 N–H and O–H groups in total. The van der Waals surface area contributed by atoms with Gasteiger partial charge in [-0.3, -0.25) is 0 Å². The van der Waals surface area contributed by atoms with Gasteiger partial charge >= 0.3 is 0 Å². The Morgan fingerprint density at radius 2 is 1.89 bits per heavy atom. The standard InChI is InChI=1S/C16H23NO/c17-10-13-6-2-1-5-12(13)9-14-11-18-16-8-4-3-7-15(14)16/h3-4,7-8,12-14H,1-2,5-6,9-11,17H2. The zero-order valence-electron chi connectivity index (χ0n) is 11.0. The molecule has 0 spiro atoms. The number of hydrogen-bond acceptors (Lipinski definition) is 2. The van der Waals surface area contributed by atoms with E-state index in [0.717, 1.165) is 30.7 Å². The molecule has 2 nitrogen and oxygen atoms in total. The molecule has 2 aliphatic rings. The lowest BCUT2D eigenvalue weighted by Crippen LogP contribution is -2.28. The van der Waals surface area contributed by atoms with Crippen LogP contribution in [0.2, 0.25) is 0 Å². The normalized spacial score (nSPS) is 30.8. The average Bonchev–Trinajstić information content (AvgIpc) is 2.83. The van der Waals surface area contributed by atoms with Crippen molar-refractivity contribution in [3.8, 4) is 5.75 Å². The Balaban J connectivity index is 1.70. The van der Waals surface area contributed by atoms with Gasteiger partial charge in [-0.25, -0.2) is 0 Å². The summed E-state index contributed by atoms with van der Waals surface area (Å²) >= 11 is 0. The SMILES string of the molecule is NCC1CCCCC1CC1COc2ccccc21. The Hall–Kier alpha value is -1.02. The predicted octanol–water partition coefficient (Wildman–Crippen LogP) is 3.32. The second kappa shape index (κ2) is 5.31. The number of benzene rings is 1. The zero-order chi connectivity index (χ0) is 12.4. The summed E-state index contributed by atoms with van der Waals surface area (Å²) in [6, 6.07) is 8.51. The van der Waals surface area contributed by atoms with E-state index >= 15 is 0 Å². The van der Waals surface area contributed by atoms with Gasteiger partial charge in [0.2, 0.25) is 0 Å². The zero-order valence-corrected chi connectivity index (χ0v) is 11.0. The second-order valence-corrected chi connectivity index (χ2v) is 5.82. The van der Waals surface area contributed by atoms with Crippen LogP contribution in [0.25, 0.3) is 0 Å². The van der Waals surface area contributed by atoms with Crippen molar-refractivity contribution in [3.05, 3.63) is 29.8 Å². The molecule has 1 fully saturated rings. The van der Waals surface area contributed by atoms with E-state index in [1.54, 1.807) is 0 Å². The highest BCUT2D eigenvalue weighted by atomic mass is 16.5. The average molecular weight is 245 g/mol. The molecule has 1 saturated carbocycles. The number of para-hydroxylation sites is 1. The molecule has 18 heavy (non-hydrogen) atoms. The molecule has 1 heterocycles. The highest BCUT2D eigenvalue weighted by molar-refractivity contribution is 5.39. The van der Waals surface area contributed by atoms with Crippen LogP contribution in [-0.4, -0.2) is 13.2 Å². The Bertz CT molecular complexity index is 404. The van der Waals surface area contributed by atoms with E-state index in [0.29, 0.717) is 5.92 Å². The van der Waals surface area contributed by atoms with Gasteiger partial charge in [0, 0.05) is 11.5 Å². The van der Waals surface area contributed by atoms with Gasteiger partial charge in [-0.05, 0) is 37.3 Å². The summed E-state index contributed by atoms with van der Waals surface area (Å²) < 4.78 is 5.79. The van der Waals surface area contributed by atoms with Crippen LogP contribution in [0.5, 0.6) is 5.75 Å². The molecule has 1 aromatic rings. The first-order valence-corrected chi connectivity index (χ1v) is 7.30. The van der Waals surface area contributed by atoms with E-state index in [9.17, 15) is 0 Å².